The van der Waals surface area contributed by atoms with Crippen molar-refractivity contribution in [2.75, 3.05) is 7.11 Å². The molecular weight excluding hydrogens is 404 g/mol. The minimum atomic E-state index is -0.757. The number of carbonyl (C=O) groups is 6. The molecule has 0 aromatic heterocycles. The van der Waals surface area contributed by atoms with Crippen molar-refractivity contribution in [3.8, 4) is 0 Å². The van der Waals surface area contributed by atoms with Gasteiger partial charge in [-0.05, 0) is 57.4 Å². The maximum Gasteiger partial charge on any atom is 0.313 e. The predicted molar refractivity (Wildman–Crippen MR) is 115 cm³/mol. The molecule has 0 bridgehead atoms. The van der Waals surface area contributed by atoms with Crippen molar-refractivity contribution in [1.29, 1.82) is 0 Å². The first-order valence-electron chi connectivity index (χ1n) is 9.97. The molecule has 8 heteroatoms. The fourth-order valence-electron chi connectivity index (χ4n) is 2.00. The van der Waals surface area contributed by atoms with Crippen LogP contribution in [0.25, 0.3) is 0 Å². The summed E-state index contributed by atoms with van der Waals surface area (Å²) in [5.74, 6) is -1.34. The van der Waals surface area contributed by atoms with Gasteiger partial charge in [0.2, 0.25) is 0 Å². The molecule has 0 aromatic carbocycles. The van der Waals surface area contributed by atoms with Gasteiger partial charge in [-0.25, -0.2) is 0 Å². The van der Waals surface area contributed by atoms with Crippen LogP contribution in [0.15, 0.2) is 36.5 Å². The van der Waals surface area contributed by atoms with Crippen LogP contribution in [0.2, 0.25) is 0 Å². The zero-order valence-corrected chi connectivity index (χ0v) is 18.4. The van der Waals surface area contributed by atoms with Gasteiger partial charge in [-0.2, -0.15) is 0 Å². The topological polar surface area (TPSA) is 132 Å². The Balaban J connectivity index is 0. The Labute approximate surface area is 183 Å². The van der Waals surface area contributed by atoms with E-state index < -0.39 is 11.9 Å². The number of carbonyl (C=O) groups excluding carboxylic acids is 5. The number of carboxylic acids is 1. The van der Waals surface area contributed by atoms with Crippen LogP contribution in [0.3, 0.4) is 0 Å². The van der Waals surface area contributed by atoms with Gasteiger partial charge in [0.15, 0.2) is 11.6 Å². The van der Waals surface area contributed by atoms with E-state index in [-0.39, 0.29) is 36.0 Å². The van der Waals surface area contributed by atoms with Gasteiger partial charge in [-0.15, -0.1) is 0 Å². The van der Waals surface area contributed by atoms with E-state index in [0.29, 0.717) is 25.7 Å². The second-order valence-corrected chi connectivity index (χ2v) is 6.53. The number of rotatable bonds is 11. The van der Waals surface area contributed by atoms with E-state index in [1.807, 2.05) is 19.1 Å². The van der Waals surface area contributed by atoms with Crippen LogP contribution in [-0.4, -0.2) is 47.3 Å². The average Bonchev–Trinajstić information content (AvgIpc) is 2.70. The predicted octanol–water partition coefficient (Wildman–Crippen LogP) is 3.34. The number of esters is 1. The number of hydrogen-bond acceptors (Lipinski definition) is 7. The Morgan fingerprint density at radius 3 is 1.84 bits per heavy atom. The molecular formula is C23H32O8. The largest absolute Gasteiger partial charge is 0.481 e. The molecule has 172 valence electrons. The molecule has 1 aliphatic rings. The number of hydrogen-bond donors (Lipinski definition) is 1. The van der Waals surface area contributed by atoms with E-state index in [1.54, 1.807) is 6.92 Å². The number of unbranched alkanes of at least 4 members (excludes halogenated alkanes) is 2. The molecule has 0 saturated carbocycles. The molecule has 1 rings (SSSR count). The van der Waals surface area contributed by atoms with Gasteiger partial charge in [0.1, 0.15) is 18.0 Å². The number of ketones is 4. The molecule has 0 fully saturated rings. The third-order valence-corrected chi connectivity index (χ3v) is 3.64. The van der Waals surface area contributed by atoms with Crippen LogP contribution in [0.1, 0.15) is 65.2 Å². The number of methoxy groups -OCH3 is 1. The minimum Gasteiger partial charge on any atom is -0.481 e. The van der Waals surface area contributed by atoms with Crippen molar-refractivity contribution < 1.29 is 38.6 Å². The summed E-state index contributed by atoms with van der Waals surface area (Å²) in [5, 5.41) is 8.26. The molecule has 31 heavy (non-hydrogen) atoms. The molecule has 0 atom stereocenters. The molecule has 0 aromatic rings. The first-order valence-corrected chi connectivity index (χ1v) is 9.97. The van der Waals surface area contributed by atoms with Crippen molar-refractivity contribution in [3.63, 3.8) is 0 Å². The summed E-state index contributed by atoms with van der Waals surface area (Å²) >= 11 is 0. The molecule has 1 N–H and O–H groups in total. The Morgan fingerprint density at radius 1 is 0.903 bits per heavy atom. The molecule has 0 amide bonds. The summed E-state index contributed by atoms with van der Waals surface area (Å²) in [4.78, 5) is 62.6. The quantitative estimate of drug-likeness (QED) is 0.171. The molecule has 0 saturated heterocycles. The molecule has 0 aliphatic heterocycles. The van der Waals surface area contributed by atoms with E-state index in [4.69, 9.17) is 5.11 Å². The maximum atomic E-state index is 11.0. The Hall–Kier alpha value is -3.16. The first kappa shape index (κ1) is 30.0. The van der Waals surface area contributed by atoms with Gasteiger partial charge in [-0.1, -0.05) is 18.6 Å². The Morgan fingerprint density at radius 2 is 1.42 bits per heavy atom. The second kappa shape index (κ2) is 20.1. The Kier molecular flexibility index (Phi) is 19.5. The highest BCUT2D eigenvalue weighted by Crippen LogP contribution is 2.03. The smallest absolute Gasteiger partial charge is 0.313 e. The number of ether oxygens (including phenoxy) is 1. The third kappa shape index (κ3) is 24.8. The summed E-state index contributed by atoms with van der Waals surface area (Å²) in [6, 6.07) is 0. The number of aliphatic carboxylic acids is 1. The zero-order chi connectivity index (χ0) is 24.1. The first-order chi connectivity index (χ1) is 14.6. The standard InChI is InChI=1S/C9H14O3.C8H14O3.C6H4O2/c1-3-4-5-6-8(10)7-9(11)12-2;1-7(9)5-3-2-4-6-8(10)11;7-5-1-2-6(8)4-3-5/h3-4H,5-7H2,1-2H3;2-6H2,1H3,(H,10,11);1-4H. The fraction of sp³-hybridized carbons (Fsp3) is 0.478. The second-order valence-electron chi connectivity index (χ2n) is 6.53. The minimum absolute atomic E-state index is 0.0695. The highest BCUT2D eigenvalue weighted by Gasteiger charge is 2.07. The Bertz CT molecular complexity index is 644. The van der Waals surface area contributed by atoms with Crippen LogP contribution in [0.4, 0.5) is 0 Å². The summed E-state index contributed by atoms with van der Waals surface area (Å²) < 4.78 is 4.35. The zero-order valence-electron chi connectivity index (χ0n) is 18.4. The summed E-state index contributed by atoms with van der Waals surface area (Å²) in [6.45, 7) is 3.45. The van der Waals surface area contributed by atoms with Gasteiger partial charge in [0.25, 0.3) is 0 Å². The van der Waals surface area contributed by atoms with Gasteiger partial charge in [-0.3, -0.25) is 24.0 Å². The van der Waals surface area contributed by atoms with Gasteiger partial charge in [0, 0.05) is 19.3 Å². The SMILES string of the molecule is CC(=O)CCCCCC(=O)O.CC=CCCC(=O)CC(=O)OC.O=C1C=CC(=O)C=C1. The summed E-state index contributed by atoms with van der Waals surface area (Å²) in [6.07, 6.45) is 12.9. The van der Waals surface area contributed by atoms with E-state index in [9.17, 15) is 28.8 Å². The van der Waals surface area contributed by atoms with Gasteiger partial charge in [0.05, 0.1) is 7.11 Å². The van der Waals surface area contributed by atoms with Gasteiger partial charge < -0.3 is 14.6 Å². The molecule has 0 heterocycles. The molecule has 0 spiro atoms. The van der Waals surface area contributed by atoms with Crippen LogP contribution < -0.4 is 0 Å². The normalized spacial score (nSPS) is 11.8. The molecule has 0 radical (unpaired) electrons. The van der Waals surface area contributed by atoms with E-state index >= 15 is 0 Å². The van der Waals surface area contributed by atoms with Crippen molar-refractivity contribution >= 4 is 35.1 Å². The average molecular weight is 437 g/mol. The van der Waals surface area contributed by atoms with Crippen molar-refractivity contribution in [2.45, 2.75) is 65.2 Å². The summed E-state index contributed by atoms with van der Waals surface area (Å²) in [5.41, 5.74) is 0. The van der Waals surface area contributed by atoms with Crippen LogP contribution >= 0.6 is 0 Å². The van der Waals surface area contributed by atoms with Crippen molar-refractivity contribution in [3.05, 3.63) is 36.5 Å². The highest BCUT2D eigenvalue weighted by atomic mass is 16.5. The molecule has 1 aliphatic carbocycles. The van der Waals surface area contributed by atoms with E-state index in [0.717, 1.165) is 12.8 Å². The van der Waals surface area contributed by atoms with Crippen LogP contribution in [0.5, 0.6) is 0 Å². The highest BCUT2D eigenvalue weighted by molar-refractivity contribution is 6.14. The van der Waals surface area contributed by atoms with Crippen molar-refractivity contribution in [2.24, 2.45) is 0 Å². The van der Waals surface area contributed by atoms with E-state index in [1.165, 1.54) is 31.4 Å². The third-order valence-electron chi connectivity index (χ3n) is 3.64. The van der Waals surface area contributed by atoms with Crippen LogP contribution in [0, 0.1) is 0 Å². The number of allylic oxidation sites excluding steroid dienone is 6. The lowest BCUT2D eigenvalue weighted by Gasteiger charge is -1.96. The monoisotopic (exact) mass is 436 g/mol. The lowest BCUT2D eigenvalue weighted by Crippen LogP contribution is -2.08. The lowest BCUT2D eigenvalue weighted by molar-refractivity contribution is -0.143. The van der Waals surface area contributed by atoms with Crippen LogP contribution in [-0.2, 0) is 33.5 Å². The molecule has 8 nitrogen and oxygen atoms in total. The van der Waals surface area contributed by atoms with Crippen molar-refractivity contribution in [1.82, 2.24) is 0 Å². The maximum absolute atomic E-state index is 11.0. The number of Topliss-reactive ketones (excluding diaryl/α,β-unsaturated/α-hetero) is 2. The van der Waals surface area contributed by atoms with Gasteiger partial charge >= 0.3 is 11.9 Å². The lowest BCUT2D eigenvalue weighted by atomic mass is 10.1. The fourth-order valence-corrected chi connectivity index (χ4v) is 2.00. The number of carboxylic acid groups (broad SMARTS) is 1. The van der Waals surface area contributed by atoms with E-state index in [2.05, 4.69) is 4.74 Å². The summed E-state index contributed by atoms with van der Waals surface area (Å²) in [7, 11) is 1.28. The molecule has 0 unspecified atom stereocenters.